The number of rotatable bonds is 7. The van der Waals surface area contributed by atoms with Crippen molar-refractivity contribution in [1.29, 1.82) is 0 Å². The molecule has 0 spiro atoms. The predicted molar refractivity (Wildman–Crippen MR) is 79.6 cm³/mol. The number of halogens is 1. The number of alkyl halides is 1. The third kappa shape index (κ3) is 4.56. The van der Waals surface area contributed by atoms with Crippen LogP contribution in [0.1, 0.15) is 19.3 Å². The summed E-state index contributed by atoms with van der Waals surface area (Å²) in [6.07, 6.45) is 4.68. The smallest absolute Gasteiger partial charge is 0.195 e. The maximum absolute atomic E-state index is 12.3. The summed E-state index contributed by atoms with van der Waals surface area (Å²) < 4.78 is 27.6. The van der Waals surface area contributed by atoms with E-state index < -0.39 is 10.2 Å². The molecule has 4 nitrogen and oxygen atoms in total. The van der Waals surface area contributed by atoms with E-state index in [1.165, 1.54) is 4.31 Å². The molecule has 0 unspecified atom stereocenters. The Morgan fingerprint density at radius 3 is 2.50 bits per heavy atom. The first-order chi connectivity index (χ1) is 8.52. The number of piperidine rings is 1. The highest BCUT2D eigenvalue weighted by molar-refractivity contribution is 7.98. The highest BCUT2D eigenvalue weighted by Crippen LogP contribution is 2.21. The van der Waals surface area contributed by atoms with Crippen molar-refractivity contribution in [3.63, 3.8) is 0 Å². The van der Waals surface area contributed by atoms with E-state index in [1.54, 1.807) is 23.1 Å². The molecule has 0 aromatic carbocycles. The van der Waals surface area contributed by atoms with Gasteiger partial charge in [0, 0.05) is 32.6 Å². The van der Waals surface area contributed by atoms with E-state index in [9.17, 15) is 8.42 Å². The molecule has 0 aliphatic carbocycles. The zero-order valence-corrected chi connectivity index (χ0v) is 13.5. The van der Waals surface area contributed by atoms with Crippen molar-refractivity contribution in [3.8, 4) is 0 Å². The molecule has 0 radical (unpaired) electrons. The van der Waals surface area contributed by atoms with Crippen molar-refractivity contribution in [1.82, 2.24) is 8.61 Å². The van der Waals surface area contributed by atoms with Gasteiger partial charge in [0.2, 0.25) is 0 Å². The van der Waals surface area contributed by atoms with E-state index in [-0.39, 0.29) is 0 Å². The summed E-state index contributed by atoms with van der Waals surface area (Å²) in [6, 6.07) is 0. The van der Waals surface area contributed by atoms with Crippen LogP contribution >= 0.6 is 23.4 Å². The summed E-state index contributed by atoms with van der Waals surface area (Å²) >= 11 is 7.55. The molecule has 7 heteroatoms. The first kappa shape index (κ1) is 16.6. The molecule has 0 atom stereocenters. The Kier molecular flexibility index (Phi) is 7.31. The molecular formula is C11H23ClN2O2S2. The second kappa shape index (κ2) is 7.94. The van der Waals surface area contributed by atoms with Crippen LogP contribution in [-0.2, 0) is 10.2 Å². The molecule has 18 heavy (non-hydrogen) atoms. The molecule has 0 aromatic rings. The largest absolute Gasteiger partial charge is 0.281 e. The number of hydrogen-bond acceptors (Lipinski definition) is 3. The molecule has 108 valence electrons. The molecule has 1 aliphatic heterocycles. The lowest BCUT2D eigenvalue weighted by Crippen LogP contribution is -2.46. The minimum Gasteiger partial charge on any atom is -0.195 e. The van der Waals surface area contributed by atoms with Gasteiger partial charge in [-0.05, 0) is 37.2 Å². The van der Waals surface area contributed by atoms with Crippen LogP contribution in [0.2, 0.25) is 0 Å². The highest BCUT2D eigenvalue weighted by Gasteiger charge is 2.30. The number of hydrogen-bond donors (Lipinski definition) is 0. The Labute approximate surface area is 120 Å². The van der Waals surface area contributed by atoms with Crippen molar-refractivity contribution < 1.29 is 8.42 Å². The Bertz CT molecular complexity index is 330. The lowest BCUT2D eigenvalue weighted by molar-refractivity contribution is 0.272. The Balaban J connectivity index is 2.48. The minimum absolute atomic E-state index is 0.472. The fourth-order valence-corrected chi connectivity index (χ4v) is 4.19. The van der Waals surface area contributed by atoms with Crippen LogP contribution < -0.4 is 0 Å². The quantitative estimate of drug-likeness (QED) is 0.532. The van der Waals surface area contributed by atoms with Crippen LogP contribution in [0.15, 0.2) is 0 Å². The predicted octanol–water partition coefficient (Wildman–Crippen LogP) is 1.87. The standard InChI is InChI=1S/C11H23ClN2O2S2/c1-13(6-3-9-17-2)18(15,16)14-7-4-11(10-12)5-8-14/h11H,3-10H2,1-2H3. The van der Waals surface area contributed by atoms with Crippen LogP contribution in [0.4, 0.5) is 0 Å². The molecule has 0 N–H and O–H groups in total. The van der Waals surface area contributed by atoms with Gasteiger partial charge < -0.3 is 0 Å². The maximum atomic E-state index is 12.3. The van der Waals surface area contributed by atoms with Crippen LogP contribution in [-0.4, -0.2) is 61.6 Å². The summed E-state index contributed by atoms with van der Waals surface area (Å²) in [6.45, 7) is 1.80. The molecule has 0 bridgehead atoms. The highest BCUT2D eigenvalue weighted by atomic mass is 35.5. The van der Waals surface area contributed by atoms with Crippen molar-refractivity contribution in [2.45, 2.75) is 19.3 Å². The molecule has 0 amide bonds. The van der Waals surface area contributed by atoms with Crippen LogP contribution in [0.25, 0.3) is 0 Å². The van der Waals surface area contributed by atoms with Crippen molar-refractivity contribution in [3.05, 3.63) is 0 Å². The van der Waals surface area contributed by atoms with Crippen molar-refractivity contribution in [2.24, 2.45) is 5.92 Å². The van der Waals surface area contributed by atoms with Crippen LogP contribution in [0.5, 0.6) is 0 Å². The zero-order valence-electron chi connectivity index (χ0n) is 11.1. The minimum atomic E-state index is -3.26. The number of thioether (sulfide) groups is 1. The van der Waals surface area contributed by atoms with Crippen LogP contribution in [0.3, 0.4) is 0 Å². The normalized spacial score (nSPS) is 19.6. The van der Waals surface area contributed by atoms with E-state index in [2.05, 4.69) is 0 Å². The summed E-state index contributed by atoms with van der Waals surface area (Å²) in [5, 5.41) is 0. The van der Waals surface area contributed by atoms with Crippen LogP contribution in [0, 0.1) is 5.92 Å². The van der Waals surface area contributed by atoms with Gasteiger partial charge in [-0.2, -0.15) is 28.8 Å². The summed E-state index contributed by atoms with van der Waals surface area (Å²) in [4.78, 5) is 0. The first-order valence-corrected chi connectivity index (χ1v) is 9.61. The Morgan fingerprint density at radius 1 is 1.39 bits per heavy atom. The molecule has 1 aliphatic rings. The van der Waals surface area contributed by atoms with Gasteiger partial charge in [0.25, 0.3) is 10.2 Å². The first-order valence-electron chi connectivity index (χ1n) is 6.28. The van der Waals surface area contributed by atoms with Crippen molar-refractivity contribution >= 4 is 33.6 Å². The van der Waals surface area contributed by atoms with E-state index in [4.69, 9.17) is 11.6 Å². The average Bonchev–Trinajstić information content (AvgIpc) is 2.39. The van der Waals surface area contributed by atoms with Gasteiger partial charge in [-0.1, -0.05) is 0 Å². The third-order valence-corrected chi connectivity index (χ3v) is 6.45. The van der Waals surface area contributed by atoms with Gasteiger partial charge in [-0.25, -0.2) is 0 Å². The van der Waals surface area contributed by atoms with E-state index >= 15 is 0 Å². The lowest BCUT2D eigenvalue weighted by Gasteiger charge is -2.33. The van der Waals surface area contributed by atoms with Gasteiger partial charge in [-0.15, -0.1) is 11.6 Å². The zero-order chi connectivity index (χ0) is 13.6. The van der Waals surface area contributed by atoms with E-state index in [0.717, 1.165) is 25.0 Å². The number of nitrogens with zero attached hydrogens (tertiary/aromatic N) is 2. The molecule has 1 heterocycles. The fraction of sp³-hybridized carbons (Fsp3) is 1.00. The van der Waals surface area contributed by atoms with Gasteiger partial charge in [0.05, 0.1) is 0 Å². The molecule has 1 rings (SSSR count). The third-order valence-electron chi connectivity index (χ3n) is 3.33. The van der Waals surface area contributed by atoms with E-state index in [0.29, 0.717) is 31.4 Å². The van der Waals surface area contributed by atoms with E-state index in [1.807, 2.05) is 6.26 Å². The summed E-state index contributed by atoms with van der Waals surface area (Å²) in [5.74, 6) is 2.10. The van der Waals surface area contributed by atoms with Crippen molar-refractivity contribution in [2.75, 3.05) is 44.6 Å². The fourth-order valence-electron chi connectivity index (χ4n) is 2.04. The Hall–Kier alpha value is 0.510. The average molecular weight is 315 g/mol. The second-order valence-electron chi connectivity index (χ2n) is 4.67. The topological polar surface area (TPSA) is 40.6 Å². The maximum Gasteiger partial charge on any atom is 0.281 e. The molecule has 0 saturated carbocycles. The monoisotopic (exact) mass is 314 g/mol. The molecule has 1 saturated heterocycles. The second-order valence-corrected chi connectivity index (χ2v) is 8.00. The van der Waals surface area contributed by atoms with Gasteiger partial charge in [0.15, 0.2) is 0 Å². The Morgan fingerprint density at radius 2 is 2.00 bits per heavy atom. The molecule has 1 fully saturated rings. The lowest BCUT2D eigenvalue weighted by atomic mass is 10.0. The summed E-state index contributed by atoms with van der Waals surface area (Å²) in [7, 11) is -1.59. The van der Waals surface area contributed by atoms with Gasteiger partial charge in [0.1, 0.15) is 0 Å². The summed E-state index contributed by atoms with van der Waals surface area (Å²) in [5.41, 5.74) is 0. The molecule has 0 aromatic heterocycles. The van der Waals surface area contributed by atoms with Gasteiger partial charge >= 0.3 is 0 Å². The van der Waals surface area contributed by atoms with Gasteiger partial charge in [-0.3, -0.25) is 0 Å². The molecular weight excluding hydrogens is 292 g/mol. The SMILES string of the molecule is CSCCCN(C)S(=O)(=O)N1CCC(CCl)CC1.